The van der Waals surface area contributed by atoms with Crippen molar-refractivity contribution in [1.29, 1.82) is 0 Å². The summed E-state index contributed by atoms with van der Waals surface area (Å²) in [5.74, 6) is 1.94. The molecular formula is C12H13BrN2O2. The van der Waals surface area contributed by atoms with E-state index in [1.165, 1.54) is 5.69 Å². The van der Waals surface area contributed by atoms with Gasteiger partial charge < -0.3 is 14.1 Å². The number of aromatic nitrogens is 2. The van der Waals surface area contributed by atoms with Crippen LogP contribution in [0, 0.1) is 5.92 Å². The first kappa shape index (κ1) is 11.0. The van der Waals surface area contributed by atoms with Gasteiger partial charge in [-0.3, -0.25) is 0 Å². The molecule has 90 valence electrons. The van der Waals surface area contributed by atoms with Gasteiger partial charge in [0.1, 0.15) is 0 Å². The van der Waals surface area contributed by atoms with Crippen molar-refractivity contribution in [3.8, 4) is 11.6 Å². The molecule has 0 bridgehead atoms. The second-order valence-electron chi connectivity index (χ2n) is 4.37. The molecule has 1 aliphatic heterocycles. The third-order valence-electron chi connectivity index (χ3n) is 3.24. The molecule has 1 unspecified atom stereocenters. The summed E-state index contributed by atoms with van der Waals surface area (Å²) in [6, 6.07) is 3.77. The van der Waals surface area contributed by atoms with Gasteiger partial charge in [-0.15, -0.1) is 0 Å². The zero-order valence-electron chi connectivity index (χ0n) is 9.27. The van der Waals surface area contributed by atoms with Gasteiger partial charge in [-0.05, 0) is 40.9 Å². The van der Waals surface area contributed by atoms with Gasteiger partial charge in [0, 0.05) is 31.0 Å². The molecule has 1 aliphatic rings. The predicted molar refractivity (Wildman–Crippen MR) is 66.5 cm³/mol. The standard InChI is InChI=1S/C12H13BrN2O2/c13-11-4-3-10(17-11)12-14-5-9-2-1-8(7-16)6-15(9)12/h3-5,8,16H,1-2,6-7H2. The van der Waals surface area contributed by atoms with E-state index in [2.05, 4.69) is 25.5 Å². The average molecular weight is 297 g/mol. The van der Waals surface area contributed by atoms with Gasteiger partial charge in [0.15, 0.2) is 16.3 Å². The topological polar surface area (TPSA) is 51.2 Å². The molecule has 0 aliphatic carbocycles. The molecular weight excluding hydrogens is 284 g/mol. The molecule has 17 heavy (non-hydrogen) atoms. The van der Waals surface area contributed by atoms with Crippen molar-refractivity contribution in [1.82, 2.24) is 9.55 Å². The lowest BCUT2D eigenvalue weighted by molar-refractivity contribution is 0.192. The Balaban J connectivity index is 2.00. The number of hydrogen-bond donors (Lipinski definition) is 1. The minimum absolute atomic E-state index is 0.235. The molecule has 1 atom stereocenters. The van der Waals surface area contributed by atoms with Gasteiger partial charge >= 0.3 is 0 Å². The van der Waals surface area contributed by atoms with Gasteiger partial charge in [0.05, 0.1) is 0 Å². The molecule has 0 spiro atoms. The Hall–Kier alpha value is -1.07. The number of halogens is 1. The molecule has 4 nitrogen and oxygen atoms in total. The van der Waals surface area contributed by atoms with Crippen LogP contribution >= 0.6 is 15.9 Å². The maximum Gasteiger partial charge on any atom is 0.176 e. The van der Waals surface area contributed by atoms with Crippen molar-refractivity contribution in [2.75, 3.05) is 6.61 Å². The molecule has 0 amide bonds. The summed E-state index contributed by atoms with van der Waals surface area (Å²) in [5, 5.41) is 9.25. The van der Waals surface area contributed by atoms with Gasteiger partial charge in [-0.25, -0.2) is 4.98 Å². The van der Waals surface area contributed by atoms with Crippen LogP contribution < -0.4 is 0 Å². The fraction of sp³-hybridized carbons (Fsp3) is 0.417. The number of hydrogen-bond acceptors (Lipinski definition) is 3. The van der Waals surface area contributed by atoms with E-state index in [0.29, 0.717) is 10.6 Å². The predicted octanol–water partition coefficient (Wildman–Crippen LogP) is 2.46. The summed E-state index contributed by atoms with van der Waals surface area (Å²) >= 11 is 3.30. The van der Waals surface area contributed by atoms with Crippen molar-refractivity contribution < 1.29 is 9.52 Å². The summed E-state index contributed by atoms with van der Waals surface area (Å²) in [4.78, 5) is 4.42. The molecule has 3 rings (SSSR count). The highest BCUT2D eigenvalue weighted by Gasteiger charge is 2.22. The maximum absolute atomic E-state index is 9.25. The Morgan fingerprint density at radius 3 is 3.12 bits per heavy atom. The minimum Gasteiger partial charge on any atom is -0.446 e. The van der Waals surface area contributed by atoms with Crippen molar-refractivity contribution in [3.05, 3.63) is 28.7 Å². The van der Waals surface area contributed by atoms with Crippen LogP contribution in [-0.4, -0.2) is 21.3 Å². The van der Waals surface area contributed by atoms with Crippen LogP contribution in [0.3, 0.4) is 0 Å². The summed E-state index contributed by atoms with van der Waals surface area (Å²) in [5.41, 5.74) is 1.22. The molecule has 0 radical (unpaired) electrons. The lowest BCUT2D eigenvalue weighted by atomic mass is 9.99. The number of nitrogens with zero attached hydrogens (tertiary/aromatic N) is 2. The number of aliphatic hydroxyl groups excluding tert-OH is 1. The monoisotopic (exact) mass is 296 g/mol. The average Bonchev–Trinajstić information content (AvgIpc) is 2.93. The minimum atomic E-state index is 0.235. The van der Waals surface area contributed by atoms with Gasteiger partial charge in [-0.1, -0.05) is 0 Å². The van der Waals surface area contributed by atoms with Crippen LogP contribution in [0.5, 0.6) is 0 Å². The highest BCUT2D eigenvalue weighted by atomic mass is 79.9. The zero-order chi connectivity index (χ0) is 11.8. The van der Waals surface area contributed by atoms with Gasteiger partial charge in [0.25, 0.3) is 0 Å². The first-order valence-corrected chi connectivity index (χ1v) is 6.48. The van der Waals surface area contributed by atoms with E-state index in [0.717, 1.165) is 31.0 Å². The van der Waals surface area contributed by atoms with E-state index in [1.807, 2.05) is 18.3 Å². The van der Waals surface area contributed by atoms with Crippen LogP contribution in [-0.2, 0) is 13.0 Å². The largest absolute Gasteiger partial charge is 0.446 e. The van der Waals surface area contributed by atoms with Crippen molar-refractivity contribution in [2.45, 2.75) is 19.4 Å². The van der Waals surface area contributed by atoms with Crippen LogP contribution in [0.2, 0.25) is 0 Å². The van der Waals surface area contributed by atoms with E-state index in [9.17, 15) is 5.11 Å². The Bertz CT molecular complexity index is 532. The molecule has 0 saturated carbocycles. The van der Waals surface area contributed by atoms with Crippen LogP contribution in [0.15, 0.2) is 27.4 Å². The molecule has 2 aromatic heterocycles. The van der Waals surface area contributed by atoms with Crippen LogP contribution in [0.1, 0.15) is 12.1 Å². The number of aryl methyl sites for hydroxylation is 1. The quantitative estimate of drug-likeness (QED) is 0.926. The summed E-state index contributed by atoms with van der Waals surface area (Å²) in [7, 11) is 0. The van der Waals surface area contributed by atoms with E-state index in [1.54, 1.807) is 0 Å². The molecule has 5 heteroatoms. The lowest BCUT2D eigenvalue weighted by Gasteiger charge is -2.23. The lowest BCUT2D eigenvalue weighted by Crippen LogP contribution is -2.22. The Morgan fingerprint density at radius 2 is 2.41 bits per heavy atom. The third-order valence-corrected chi connectivity index (χ3v) is 3.67. The highest BCUT2D eigenvalue weighted by molar-refractivity contribution is 9.10. The van der Waals surface area contributed by atoms with Crippen LogP contribution in [0.4, 0.5) is 0 Å². The summed E-state index contributed by atoms with van der Waals surface area (Å²) in [6.45, 7) is 1.05. The molecule has 0 aromatic carbocycles. The van der Waals surface area contributed by atoms with Crippen molar-refractivity contribution >= 4 is 15.9 Å². The van der Waals surface area contributed by atoms with Crippen molar-refractivity contribution in [2.24, 2.45) is 5.92 Å². The normalized spacial score (nSPS) is 19.3. The zero-order valence-corrected chi connectivity index (χ0v) is 10.9. The number of aliphatic hydroxyl groups is 1. The van der Waals surface area contributed by atoms with Gasteiger partial charge in [-0.2, -0.15) is 0 Å². The van der Waals surface area contributed by atoms with E-state index >= 15 is 0 Å². The molecule has 0 fully saturated rings. The number of furan rings is 1. The molecule has 3 heterocycles. The van der Waals surface area contributed by atoms with Crippen molar-refractivity contribution in [3.63, 3.8) is 0 Å². The number of imidazole rings is 1. The molecule has 0 saturated heterocycles. The summed E-state index contributed by atoms with van der Waals surface area (Å²) in [6.07, 6.45) is 3.91. The second-order valence-corrected chi connectivity index (χ2v) is 5.16. The number of fused-ring (bicyclic) bond motifs is 1. The fourth-order valence-electron chi connectivity index (χ4n) is 2.30. The van der Waals surface area contributed by atoms with E-state index in [4.69, 9.17) is 4.42 Å². The van der Waals surface area contributed by atoms with Gasteiger partial charge in [0.2, 0.25) is 0 Å². The molecule has 2 aromatic rings. The Morgan fingerprint density at radius 1 is 1.53 bits per heavy atom. The SMILES string of the molecule is OCC1CCc2cnc(-c3ccc(Br)o3)n2C1. The second kappa shape index (κ2) is 4.31. The van der Waals surface area contributed by atoms with E-state index in [-0.39, 0.29) is 6.61 Å². The molecule has 1 N–H and O–H groups in total. The Labute approximate surface area is 107 Å². The van der Waals surface area contributed by atoms with E-state index < -0.39 is 0 Å². The smallest absolute Gasteiger partial charge is 0.176 e. The third kappa shape index (κ3) is 1.93. The number of rotatable bonds is 2. The first-order valence-electron chi connectivity index (χ1n) is 5.69. The highest BCUT2D eigenvalue weighted by Crippen LogP contribution is 2.29. The first-order chi connectivity index (χ1) is 8.28. The Kier molecular flexibility index (Phi) is 2.80. The van der Waals surface area contributed by atoms with Crippen LogP contribution in [0.25, 0.3) is 11.6 Å². The summed E-state index contributed by atoms with van der Waals surface area (Å²) < 4.78 is 8.39. The maximum atomic E-state index is 9.25. The fourth-order valence-corrected chi connectivity index (χ4v) is 2.60.